The fourth-order valence-electron chi connectivity index (χ4n) is 2.82. The van der Waals surface area contributed by atoms with E-state index in [4.69, 9.17) is 11.6 Å². The average molecular weight is 494 g/mol. The molecule has 1 amide bonds. The normalized spacial score (nSPS) is 11.6. The summed E-state index contributed by atoms with van der Waals surface area (Å²) >= 11 is 6.08. The molecule has 0 aliphatic rings. The summed E-state index contributed by atoms with van der Waals surface area (Å²) in [5, 5.41) is 2.74. The molecule has 0 bridgehead atoms. The molecule has 3 rings (SSSR count). The van der Waals surface area contributed by atoms with Crippen LogP contribution < -0.4 is 14.8 Å². The van der Waals surface area contributed by atoms with Crippen molar-refractivity contribution in [1.82, 2.24) is 0 Å². The molecule has 0 spiro atoms. The second kappa shape index (κ2) is 9.19. The maximum atomic E-state index is 12.6. The highest BCUT2D eigenvalue weighted by Crippen LogP contribution is 2.24. The predicted octanol–water partition coefficient (Wildman–Crippen LogP) is 4.07. The zero-order valence-corrected chi connectivity index (χ0v) is 19.5. The number of benzene rings is 3. The number of nitrogens with one attached hydrogen (secondary N) is 3. The fourth-order valence-corrected chi connectivity index (χ4v) is 4.62. The van der Waals surface area contributed by atoms with Gasteiger partial charge in [0.2, 0.25) is 10.0 Å². The van der Waals surface area contributed by atoms with E-state index in [1.54, 1.807) is 18.2 Å². The molecule has 168 valence electrons. The van der Waals surface area contributed by atoms with E-state index in [0.717, 1.165) is 11.8 Å². The topological polar surface area (TPSA) is 121 Å². The molecule has 0 fully saturated rings. The standard InChI is InChI=1S/C21H20ClN3O5S2/c1-14-4-3-5-16(12-14)25-32(29,30)18-9-6-15(7-10-18)23-21(26)19-13-17(8-11-20(19)22)24-31(2,27)28/h3-13,24-25H,1-2H3,(H,23,26). The second-order valence-corrected chi connectivity index (χ2v) is 10.9. The van der Waals surface area contributed by atoms with Crippen LogP contribution >= 0.6 is 11.6 Å². The number of carbonyl (C=O) groups is 1. The lowest BCUT2D eigenvalue weighted by atomic mass is 10.2. The number of halogens is 1. The van der Waals surface area contributed by atoms with Crippen LogP contribution in [0.3, 0.4) is 0 Å². The first-order chi connectivity index (χ1) is 14.9. The first-order valence-corrected chi connectivity index (χ1v) is 13.0. The molecule has 32 heavy (non-hydrogen) atoms. The molecule has 3 N–H and O–H groups in total. The first-order valence-electron chi connectivity index (χ1n) is 9.21. The van der Waals surface area contributed by atoms with Crippen LogP contribution in [0.15, 0.2) is 71.6 Å². The third kappa shape index (κ3) is 6.22. The monoisotopic (exact) mass is 493 g/mol. The summed E-state index contributed by atoms with van der Waals surface area (Å²) in [5.74, 6) is -0.583. The van der Waals surface area contributed by atoms with E-state index in [0.29, 0.717) is 11.4 Å². The Morgan fingerprint density at radius 3 is 2.06 bits per heavy atom. The van der Waals surface area contributed by atoms with Gasteiger partial charge in [-0.15, -0.1) is 0 Å². The third-order valence-electron chi connectivity index (χ3n) is 4.21. The zero-order valence-electron chi connectivity index (χ0n) is 17.1. The van der Waals surface area contributed by atoms with E-state index in [9.17, 15) is 21.6 Å². The third-order valence-corrected chi connectivity index (χ3v) is 6.54. The highest BCUT2D eigenvalue weighted by Gasteiger charge is 2.16. The van der Waals surface area contributed by atoms with Gasteiger partial charge in [-0.05, 0) is 67.1 Å². The van der Waals surface area contributed by atoms with Gasteiger partial charge in [0.1, 0.15) is 0 Å². The van der Waals surface area contributed by atoms with Gasteiger partial charge in [0, 0.05) is 17.1 Å². The summed E-state index contributed by atoms with van der Waals surface area (Å²) in [7, 11) is -7.33. The minimum Gasteiger partial charge on any atom is -0.322 e. The van der Waals surface area contributed by atoms with Crippen LogP contribution in [-0.4, -0.2) is 29.0 Å². The molecule has 3 aromatic carbocycles. The number of hydrogen-bond donors (Lipinski definition) is 3. The Hall–Kier alpha value is -3.08. The summed E-state index contributed by atoms with van der Waals surface area (Å²) in [4.78, 5) is 12.6. The van der Waals surface area contributed by atoms with Gasteiger partial charge in [-0.2, -0.15) is 0 Å². The SMILES string of the molecule is Cc1cccc(NS(=O)(=O)c2ccc(NC(=O)c3cc(NS(C)(=O)=O)ccc3Cl)cc2)c1. The van der Waals surface area contributed by atoms with Gasteiger partial charge in [-0.3, -0.25) is 14.2 Å². The molecule has 11 heteroatoms. The van der Waals surface area contributed by atoms with Crippen molar-refractivity contribution in [2.45, 2.75) is 11.8 Å². The van der Waals surface area contributed by atoms with Crippen molar-refractivity contribution < 1.29 is 21.6 Å². The molecular weight excluding hydrogens is 474 g/mol. The number of sulfonamides is 2. The Kier molecular flexibility index (Phi) is 6.77. The number of hydrogen-bond acceptors (Lipinski definition) is 5. The molecule has 3 aromatic rings. The van der Waals surface area contributed by atoms with Crippen LogP contribution in [-0.2, 0) is 20.0 Å². The molecule has 0 unspecified atom stereocenters. The Bertz CT molecular complexity index is 1370. The molecule has 0 atom stereocenters. The maximum absolute atomic E-state index is 12.6. The molecule has 0 radical (unpaired) electrons. The van der Waals surface area contributed by atoms with Crippen LogP contribution in [0.1, 0.15) is 15.9 Å². The molecule has 0 aliphatic carbocycles. The predicted molar refractivity (Wildman–Crippen MR) is 126 cm³/mol. The number of rotatable bonds is 7. The van der Waals surface area contributed by atoms with E-state index in [1.807, 2.05) is 13.0 Å². The van der Waals surface area contributed by atoms with Crippen molar-refractivity contribution in [1.29, 1.82) is 0 Å². The lowest BCUT2D eigenvalue weighted by Crippen LogP contribution is -2.15. The van der Waals surface area contributed by atoms with Gasteiger partial charge in [0.15, 0.2) is 0 Å². The zero-order chi connectivity index (χ0) is 23.5. The summed E-state index contributed by atoms with van der Waals surface area (Å²) in [6.07, 6.45) is 0.991. The lowest BCUT2D eigenvalue weighted by molar-refractivity contribution is 0.102. The van der Waals surface area contributed by atoms with Crippen LogP contribution in [0.5, 0.6) is 0 Å². The number of anilines is 3. The molecular formula is C21H20ClN3O5S2. The number of aryl methyl sites for hydroxylation is 1. The quantitative estimate of drug-likeness (QED) is 0.458. The van der Waals surface area contributed by atoms with Crippen molar-refractivity contribution in [3.63, 3.8) is 0 Å². The van der Waals surface area contributed by atoms with Crippen LogP contribution in [0, 0.1) is 6.92 Å². The lowest BCUT2D eigenvalue weighted by Gasteiger charge is -2.11. The summed E-state index contributed by atoms with van der Waals surface area (Å²) < 4.78 is 52.8. The Morgan fingerprint density at radius 2 is 1.44 bits per heavy atom. The highest BCUT2D eigenvalue weighted by atomic mass is 35.5. The van der Waals surface area contributed by atoms with Crippen LogP contribution in [0.25, 0.3) is 0 Å². The minimum absolute atomic E-state index is 0.0226. The number of amides is 1. The van der Waals surface area contributed by atoms with Crippen molar-refractivity contribution in [3.05, 3.63) is 82.9 Å². The molecule has 0 heterocycles. The molecule has 0 aromatic heterocycles. The molecule has 0 aliphatic heterocycles. The second-order valence-electron chi connectivity index (χ2n) is 7.02. The van der Waals surface area contributed by atoms with Gasteiger partial charge in [-0.25, -0.2) is 16.8 Å². The largest absolute Gasteiger partial charge is 0.322 e. The maximum Gasteiger partial charge on any atom is 0.261 e. The first kappa shape index (κ1) is 23.6. The van der Waals surface area contributed by atoms with Gasteiger partial charge in [-0.1, -0.05) is 23.7 Å². The van der Waals surface area contributed by atoms with Crippen LogP contribution in [0.4, 0.5) is 17.1 Å². The number of carbonyl (C=O) groups excluding carboxylic acids is 1. The summed E-state index contributed by atoms with van der Waals surface area (Å²) in [6, 6.07) is 16.7. The van der Waals surface area contributed by atoms with Crippen molar-refractivity contribution >= 4 is 54.6 Å². The Morgan fingerprint density at radius 1 is 0.812 bits per heavy atom. The summed E-state index contributed by atoms with van der Waals surface area (Å²) in [5.41, 5.74) is 1.93. The molecule has 0 saturated carbocycles. The van der Waals surface area contributed by atoms with E-state index in [2.05, 4.69) is 14.8 Å². The average Bonchev–Trinajstić information content (AvgIpc) is 2.68. The van der Waals surface area contributed by atoms with E-state index in [1.165, 1.54) is 42.5 Å². The molecule has 8 nitrogen and oxygen atoms in total. The summed E-state index contributed by atoms with van der Waals surface area (Å²) in [6.45, 7) is 1.86. The fraction of sp³-hybridized carbons (Fsp3) is 0.0952. The minimum atomic E-state index is -3.81. The molecule has 0 saturated heterocycles. The Balaban J connectivity index is 1.76. The van der Waals surface area contributed by atoms with Gasteiger partial charge in [0.05, 0.1) is 21.7 Å². The van der Waals surface area contributed by atoms with E-state index >= 15 is 0 Å². The smallest absolute Gasteiger partial charge is 0.261 e. The van der Waals surface area contributed by atoms with Gasteiger partial charge < -0.3 is 5.32 Å². The van der Waals surface area contributed by atoms with Crippen LogP contribution in [0.2, 0.25) is 5.02 Å². The van der Waals surface area contributed by atoms with Crippen molar-refractivity contribution in [3.8, 4) is 0 Å². The van der Waals surface area contributed by atoms with Crippen molar-refractivity contribution in [2.24, 2.45) is 0 Å². The van der Waals surface area contributed by atoms with Gasteiger partial charge >= 0.3 is 0 Å². The highest BCUT2D eigenvalue weighted by molar-refractivity contribution is 7.92. The van der Waals surface area contributed by atoms with E-state index < -0.39 is 26.0 Å². The Labute approximate surface area is 191 Å². The van der Waals surface area contributed by atoms with E-state index in [-0.39, 0.29) is 21.2 Å². The van der Waals surface area contributed by atoms with Gasteiger partial charge in [0.25, 0.3) is 15.9 Å². The van der Waals surface area contributed by atoms with Crippen molar-refractivity contribution in [2.75, 3.05) is 21.0 Å².